The van der Waals surface area contributed by atoms with E-state index in [1.54, 1.807) is 0 Å². The third-order valence-corrected chi connectivity index (χ3v) is 4.51. The lowest BCUT2D eigenvalue weighted by Gasteiger charge is -2.21. The van der Waals surface area contributed by atoms with Crippen molar-refractivity contribution < 1.29 is 0 Å². The van der Waals surface area contributed by atoms with Crippen LogP contribution in [0.1, 0.15) is 5.56 Å². The second kappa shape index (κ2) is 4.06. The molecule has 0 N–H and O–H groups in total. The minimum absolute atomic E-state index is 1.01. The van der Waals surface area contributed by atoms with E-state index in [1.807, 2.05) is 17.8 Å². The fraction of sp³-hybridized carbons (Fsp3) is 0.0769. The Labute approximate surface area is 110 Å². The van der Waals surface area contributed by atoms with E-state index in [9.17, 15) is 0 Å². The van der Waals surface area contributed by atoms with E-state index in [1.165, 1.54) is 21.6 Å². The van der Waals surface area contributed by atoms with Gasteiger partial charge in [0.1, 0.15) is 0 Å². The molecule has 3 rings (SSSR count). The van der Waals surface area contributed by atoms with Crippen molar-refractivity contribution in [2.75, 3.05) is 0 Å². The Hall–Kier alpha value is -0.510. The molecule has 0 aromatic heterocycles. The van der Waals surface area contributed by atoms with Gasteiger partial charge >= 0.3 is 0 Å². The van der Waals surface area contributed by atoms with Gasteiger partial charge in [0, 0.05) is 26.0 Å². The third-order valence-electron chi connectivity index (χ3n) is 2.75. The monoisotopic (exact) mass is 262 g/mol. The number of thioether (sulfide) groups is 1. The van der Waals surface area contributed by atoms with Crippen LogP contribution in [0, 0.1) is 0 Å². The Morgan fingerprint density at radius 1 is 1.06 bits per heavy atom. The largest absolute Gasteiger partial charge is 0.143 e. The normalized spacial score (nSPS) is 13.1. The fourth-order valence-corrected chi connectivity index (χ4v) is 3.70. The van der Waals surface area contributed by atoms with Crippen molar-refractivity contribution in [3.63, 3.8) is 0 Å². The summed E-state index contributed by atoms with van der Waals surface area (Å²) in [5, 5.41) is 0. The highest BCUT2D eigenvalue weighted by Crippen LogP contribution is 2.44. The number of hydrogen-bond acceptors (Lipinski definition) is 3. The van der Waals surface area contributed by atoms with Crippen molar-refractivity contribution in [1.29, 1.82) is 0 Å². The van der Waals surface area contributed by atoms with Gasteiger partial charge in [0.2, 0.25) is 0 Å². The molecule has 0 unspecified atom stereocenters. The molecule has 0 nitrogen and oxygen atoms in total. The van der Waals surface area contributed by atoms with E-state index in [2.05, 4.69) is 55.6 Å². The Morgan fingerprint density at radius 3 is 2.81 bits per heavy atom. The van der Waals surface area contributed by atoms with Crippen molar-refractivity contribution in [3.05, 3.63) is 42.0 Å². The first kappa shape index (κ1) is 10.6. The van der Waals surface area contributed by atoms with Crippen LogP contribution in [-0.4, -0.2) is 0 Å². The van der Waals surface area contributed by atoms with Crippen molar-refractivity contribution in [2.45, 2.75) is 20.4 Å². The van der Waals surface area contributed by atoms with Crippen LogP contribution in [-0.2, 0) is 5.75 Å². The molecule has 0 amide bonds. The molecule has 0 fully saturated rings. The van der Waals surface area contributed by atoms with Gasteiger partial charge in [0.05, 0.1) is 0 Å². The minimum atomic E-state index is 1.01. The highest BCUT2D eigenvalue weighted by Gasteiger charge is 2.18. The molecule has 1 heterocycles. The maximum absolute atomic E-state index is 4.56. The van der Waals surface area contributed by atoms with Crippen LogP contribution < -0.4 is 0 Å². The van der Waals surface area contributed by atoms with E-state index in [0.717, 1.165) is 15.5 Å². The average molecular weight is 262 g/mol. The Morgan fingerprint density at radius 2 is 1.94 bits per heavy atom. The van der Waals surface area contributed by atoms with Crippen LogP contribution in [0.5, 0.6) is 0 Å². The fourth-order valence-electron chi connectivity index (χ4n) is 1.99. The van der Waals surface area contributed by atoms with Crippen LogP contribution >= 0.6 is 37.0 Å². The SMILES string of the molecule is Sc1ccc2c(c1)-c1c(S)cccc1SC2. The zero-order valence-corrected chi connectivity index (χ0v) is 11.1. The molecule has 2 aromatic carbocycles. The summed E-state index contributed by atoms with van der Waals surface area (Å²) in [7, 11) is 0. The first-order valence-electron chi connectivity index (χ1n) is 5.03. The standard InChI is InChI=1S/C13H10S3/c14-9-5-4-8-7-16-12-3-1-2-11(15)13(12)10(8)6-9/h1-6,14-15H,7H2. The molecule has 0 atom stereocenters. The van der Waals surface area contributed by atoms with Gasteiger partial charge in [0.15, 0.2) is 0 Å². The summed E-state index contributed by atoms with van der Waals surface area (Å²) >= 11 is 10.8. The van der Waals surface area contributed by atoms with Crippen LogP contribution in [0.25, 0.3) is 11.1 Å². The van der Waals surface area contributed by atoms with Crippen LogP contribution in [0.2, 0.25) is 0 Å². The quantitative estimate of drug-likeness (QED) is 0.657. The highest BCUT2D eigenvalue weighted by molar-refractivity contribution is 7.98. The van der Waals surface area contributed by atoms with Crippen molar-refractivity contribution in [1.82, 2.24) is 0 Å². The van der Waals surface area contributed by atoms with Gasteiger partial charge in [-0.1, -0.05) is 12.1 Å². The van der Waals surface area contributed by atoms with E-state index in [-0.39, 0.29) is 0 Å². The average Bonchev–Trinajstić information content (AvgIpc) is 2.28. The van der Waals surface area contributed by atoms with Crippen LogP contribution in [0.4, 0.5) is 0 Å². The second-order valence-corrected chi connectivity index (χ2v) is 5.80. The zero-order chi connectivity index (χ0) is 11.1. The van der Waals surface area contributed by atoms with Crippen molar-refractivity contribution >= 4 is 37.0 Å². The Kier molecular flexibility index (Phi) is 2.70. The number of rotatable bonds is 0. The molecule has 80 valence electrons. The predicted molar refractivity (Wildman–Crippen MR) is 75.9 cm³/mol. The third kappa shape index (κ3) is 1.67. The van der Waals surface area contributed by atoms with Gasteiger partial charge in [-0.2, -0.15) is 0 Å². The summed E-state index contributed by atoms with van der Waals surface area (Å²) in [4.78, 5) is 3.37. The van der Waals surface area contributed by atoms with E-state index in [4.69, 9.17) is 0 Å². The molecule has 0 saturated heterocycles. The van der Waals surface area contributed by atoms with Crippen molar-refractivity contribution in [3.8, 4) is 11.1 Å². The minimum Gasteiger partial charge on any atom is -0.143 e. The molecule has 0 bridgehead atoms. The molecule has 0 spiro atoms. The first-order valence-corrected chi connectivity index (χ1v) is 6.91. The summed E-state index contributed by atoms with van der Waals surface area (Å²) in [5.41, 5.74) is 3.91. The molecule has 2 aromatic rings. The predicted octanol–water partition coefficient (Wildman–Crippen LogP) is 4.54. The number of thiol groups is 2. The molecule has 0 saturated carbocycles. The highest BCUT2D eigenvalue weighted by atomic mass is 32.2. The molecule has 1 aliphatic rings. The molecule has 3 heteroatoms. The van der Waals surface area contributed by atoms with Gasteiger partial charge < -0.3 is 0 Å². The number of benzene rings is 2. The number of fused-ring (bicyclic) bond motifs is 3. The summed E-state index contributed by atoms with van der Waals surface area (Å²) in [6.07, 6.45) is 0. The molecule has 0 aliphatic carbocycles. The topological polar surface area (TPSA) is 0 Å². The van der Waals surface area contributed by atoms with Crippen molar-refractivity contribution in [2.24, 2.45) is 0 Å². The molecular formula is C13H10S3. The van der Waals surface area contributed by atoms with Crippen LogP contribution in [0.3, 0.4) is 0 Å². The smallest absolute Gasteiger partial charge is 0.0238 e. The Balaban J connectivity index is 2.32. The van der Waals surface area contributed by atoms with Gasteiger partial charge in [-0.3, -0.25) is 0 Å². The Bertz CT molecular complexity index is 561. The summed E-state index contributed by atoms with van der Waals surface area (Å²) in [6.45, 7) is 0. The molecule has 1 aliphatic heterocycles. The lowest BCUT2D eigenvalue weighted by Crippen LogP contribution is -1.97. The summed E-state index contributed by atoms with van der Waals surface area (Å²) in [5.74, 6) is 1.04. The molecular weight excluding hydrogens is 252 g/mol. The van der Waals surface area contributed by atoms with Crippen LogP contribution in [0.15, 0.2) is 51.1 Å². The lowest BCUT2D eigenvalue weighted by molar-refractivity contribution is 1.24. The molecule has 16 heavy (non-hydrogen) atoms. The zero-order valence-electron chi connectivity index (χ0n) is 8.47. The second-order valence-electron chi connectivity index (χ2n) is 3.78. The molecule has 0 radical (unpaired) electrons. The van der Waals surface area contributed by atoms with E-state index in [0.29, 0.717) is 0 Å². The number of hydrogen-bond donors (Lipinski definition) is 2. The maximum atomic E-state index is 4.56. The maximum Gasteiger partial charge on any atom is 0.0238 e. The van der Waals surface area contributed by atoms with E-state index >= 15 is 0 Å². The first-order chi connectivity index (χ1) is 7.75. The van der Waals surface area contributed by atoms with E-state index < -0.39 is 0 Å². The lowest BCUT2D eigenvalue weighted by atomic mass is 10.00. The van der Waals surface area contributed by atoms with Gasteiger partial charge in [-0.15, -0.1) is 37.0 Å². The van der Waals surface area contributed by atoms with Gasteiger partial charge in [-0.05, 0) is 35.4 Å². The summed E-state index contributed by atoms with van der Waals surface area (Å²) < 4.78 is 0. The van der Waals surface area contributed by atoms with Gasteiger partial charge in [-0.25, -0.2) is 0 Å². The van der Waals surface area contributed by atoms with Gasteiger partial charge in [0.25, 0.3) is 0 Å². The summed E-state index contributed by atoms with van der Waals surface area (Å²) in [6, 6.07) is 12.6.